The summed E-state index contributed by atoms with van der Waals surface area (Å²) in [5.41, 5.74) is 2.82. The zero-order valence-electron chi connectivity index (χ0n) is 25.7. The molecule has 4 rings (SSSR count). The Morgan fingerprint density at radius 1 is 0.844 bits per heavy atom. The van der Waals surface area contributed by atoms with Crippen molar-refractivity contribution in [3.05, 3.63) is 108 Å². The monoisotopic (exact) mass is 633 g/mol. The number of carbonyl (C=O) groups excluding carboxylic acids is 1. The number of nitrogens with one attached hydrogen (secondary N) is 1. The number of esters is 1. The van der Waals surface area contributed by atoms with Crippen LogP contribution >= 0.6 is 0 Å². The van der Waals surface area contributed by atoms with Crippen LogP contribution in [0.1, 0.15) is 49.5 Å². The zero-order valence-corrected chi connectivity index (χ0v) is 26.5. The van der Waals surface area contributed by atoms with E-state index < -0.39 is 22.1 Å². The van der Waals surface area contributed by atoms with Crippen LogP contribution in [-0.4, -0.2) is 39.3 Å². The quantitative estimate of drug-likeness (QED) is 0.100. The van der Waals surface area contributed by atoms with E-state index in [1.807, 2.05) is 37.3 Å². The Labute approximate surface area is 264 Å². The van der Waals surface area contributed by atoms with Crippen LogP contribution in [-0.2, 0) is 26.0 Å². The number of anilines is 1. The van der Waals surface area contributed by atoms with Crippen LogP contribution in [0.25, 0.3) is 0 Å². The minimum atomic E-state index is -3.74. The number of aryl methyl sites for hydroxylation is 2. The lowest BCUT2D eigenvalue weighted by Crippen LogP contribution is -2.15. The third kappa shape index (κ3) is 9.47. The summed E-state index contributed by atoms with van der Waals surface area (Å²) >= 11 is 0. The Morgan fingerprint density at radius 2 is 1.51 bits per heavy atom. The molecule has 0 aliphatic heterocycles. The molecule has 0 fully saturated rings. The van der Waals surface area contributed by atoms with Crippen molar-refractivity contribution in [2.24, 2.45) is 0 Å². The van der Waals surface area contributed by atoms with Gasteiger partial charge in [-0.1, -0.05) is 43.7 Å². The Hall–Kier alpha value is -4.54. The van der Waals surface area contributed by atoms with Gasteiger partial charge < -0.3 is 24.1 Å². The Kier molecular flexibility index (Phi) is 11.8. The van der Waals surface area contributed by atoms with Crippen molar-refractivity contribution >= 4 is 21.7 Å². The molecule has 238 valence electrons. The number of ether oxygens (including phenoxy) is 4. The summed E-state index contributed by atoms with van der Waals surface area (Å²) in [7, 11) is -3.74. The SMILES string of the molecule is CCCc1cc(Oc2ccc(S(=O)(=O)Nc3ccccc3C)cc2)ccc1OCCCOc1ccc(C(O)C(=O)OCC)cc1. The van der Waals surface area contributed by atoms with E-state index in [1.165, 1.54) is 12.1 Å². The highest BCUT2D eigenvalue weighted by atomic mass is 32.2. The first-order valence-corrected chi connectivity index (χ1v) is 16.4. The van der Waals surface area contributed by atoms with Crippen LogP contribution in [0.15, 0.2) is 95.9 Å². The summed E-state index contributed by atoms with van der Waals surface area (Å²) in [5.74, 6) is 1.85. The molecule has 0 saturated carbocycles. The molecule has 0 heterocycles. The van der Waals surface area contributed by atoms with Crippen LogP contribution in [0.2, 0.25) is 0 Å². The number of benzene rings is 4. The molecule has 0 spiro atoms. The van der Waals surface area contributed by atoms with E-state index in [0.717, 1.165) is 29.7 Å². The molecule has 0 saturated heterocycles. The van der Waals surface area contributed by atoms with Crippen LogP contribution in [0.5, 0.6) is 23.0 Å². The van der Waals surface area contributed by atoms with Crippen LogP contribution < -0.4 is 18.9 Å². The van der Waals surface area contributed by atoms with Gasteiger partial charge in [0.2, 0.25) is 0 Å². The predicted octanol–water partition coefficient (Wildman–Crippen LogP) is 6.99. The lowest BCUT2D eigenvalue weighted by atomic mass is 10.1. The molecule has 0 radical (unpaired) electrons. The standard InChI is InChI=1S/C35H39NO8S/c1-4-9-27-24-30(44-29-16-19-31(20-17-29)45(39,40)36-32-11-7-6-10-25(32)3)18-21-33(27)43-23-8-22-42-28-14-12-26(13-15-28)34(37)35(38)41-5-2/h6-7,10-21,24,34,36-37H,4-5,8-9,22-23H2,1-3H3. The van der Waals surface area contributed by atoms with Crippen molar-refractivity contribution in [3.8, 4) is 23.0 Å². The normalized spacial score (nSPS) is 11.8. The third-order valence-electron chi connectivity index (χ3n) is 6.83. The molecule has 4 aromatic rings. The molecule has 45 heavy (non-hydrogen) atoms. The first-order valence-electron chi connectivity index (χ1n) is 14.9. The van der Waals surface area contributed by atoms with Gasteiger partial charge in [-0.05, 0) is 97.6 Å². The van der Waals surface area contributed by atoms with E-state index in [2.05, 4.69) is 11.6 Å². The summed E-state index contributed by atoms with van der Waals surface area (Å²) in [5, 5.41) is 10.0. The molecule has 0 aliphatic carbocycles. The number of sulfonamides is 1. The van der Waals surface area contributed by atoms with Gasteiger partial charge in [0.1, 0.15) is 23.0 Å². The highest BCUT2D eigenvalue weighted by Gasteiger charge is 2.18. The van der Waals surface area contributed by atoms with Gasteiger partial charge in [-0.3, -0.25) is 4.72 Å². The first kappa shape index (κ1) is 33.4. The van der Waals surface area contributed by atoms with Crippen molar-refractivity contribution < 1.29 is 37.3 Å². The number of hydrogen-bond acceptors (Lipinski definition) is 8. The number of aliphatic hydroxyl groups is 1. The van der Waals surface area contributed by atoms with Crippen LogP contribution in [0.3, 0.4) is 0 Å². The van der Waals surface area contributed by atoms with Crippen molar-refractivity contribution in [1.82, 2.24) is 0 Å². The highest BCUT2D eigenvalue weighted by Crippen LogP contribution is 2.30. The van der Waals surface area contributed by atoms with Crippen molar-refractivity contribution in [1.29, 1.82) is 0 Å². The van der Waals surface area contributed by atoms with Gasteiger partial charge in [0.25, 0.3) is 10.0 Å². The number of para-hydroxylation sites is 1. The molecular weight excluding hydrogens is 594 g/mol. The first-order chi connectivity index (χ1) is 21.7. The molecule has 0 bridgehead atoms. The molecule has 9 nitrogen and oxygen atoms in total. The van der Waals surface area contributed by atoms with Crippen molar-refractivity contribution in [2.75, 3.05) is 24.5 Å². The van der Waals surface area contributed by atoms with Crippen molar-refractivity contribution in [3.63, 3.8) is 0 Å². The molecule has 1 unspecified atom stereocenters. The van der Waals surface area contributed by atoms with Gasteiger partial charge in [0, 0.05) is 6.42 Å². The van der Waals surface area contributed by atoms with Crippen molar-refractivity contribution in [2.45, 2.75) is 51.0 Å². The van der Waals surface area contributed by atoms with Crippen LogP contribution in [0, 0.1) is 6.92 Å². The minimum Gasteiger partial charge on any atom is -0.493 e. The van der Waals surface area contributed by atoms with E-state index in [9.17, 15) is 18.3 Å². The Balaban J connectivity index is 1.28. The maximum atomic E-state index is 12.9. The van der Waals surface area contributed by atoms with Crippen LogP contribution in [0.4, 0.5) is 5.69 Å². The molecular formula is C35H39NO8S. The summed E-state index contributed by atoms with van der Waals surface area (Å²) in [6.07, 6.45) is 1.04. The van der Waals surface area contributed by atoms with E-state index >= 15 is 0 Å². The number of rotatable bonds is 16. The Bertz CT molecular complexity index is 1650. The second-order valence-corrected chi connectivity index (χ2v) is 12.0. The third-order valence-corrected chi connectivity index (χ3v) is 8.21. The van der Waals surface area contributed by atoms with Gasteiger partial charge >= 0.3 is 5.97 Å². The summed E-state index contributed by atoms with van der Waals surface area (Å²) in [4.78, 5) is 11.8. The lowest BCUT2D eigenvalue weighted by Gasteiger charge is -2.14. The highest BCUT2D eigenvalue weighted by molar-refractivity contribution is 7.92. The summed E-state index contributed by atoms with van der Waals surface area (Å²) < 4.78 is 51.0. The van der Waals surface area contributed by atoms with Gasteiger partial charge in [-0.15, -0.1) is 0 Å². The maximum Gasteiger partial charge on any atom is 0.339 e. The maximum absolute atomic E-state index is 12.9. The molecule has 2 N–H and O–H groups in total. The topological polar surface area (TPSA) is 120 Å². The average molecular weight is 634 g/mol. The number of hydrogen-bond donors (Lipinski definition) is 2. The molecule has 0 aliphatic rings. The molecule has 4 aromatic carbocycles. The average Bonchev–Trinajstić information content (AvgIpc) is 3.03. The van der Waals surface area contributed by atoms with Gasteiger partial charge in [0.15, 0.2) is 6.10 Å². The van der Waals surface area contributed by atoms with E-state index in [1.54, 1.807) is 55.5 Å². The number of carbonyl (C=O) groups is 1. The van der Waals surface area contributed by atoms with E-state index in [4.69, 9.17) is 18.9 Å². The molecule has 10 heteroatoms. The second-order valence-electron chi connectivity index (χ2n) is 10.3. The second kappa shape index (κ2) is 16.0. The van der Waals surface area contributed by atoms with Gasteiger partial charge in [0.05, 0.1) is 30.4 Å². The predicted molar refractivity (Wildman–Crippen MR) is 173 cm³/mol. The number of aliphatic hydroxyl groups excluding tert-OH is 1. The molecule has 1 atom stereocenters. The molecule has 0 amide bonds. The van der Waals surface area contributed by atoms with Gasteiger partial charge in [-0.25, -0.2) is 13.2 Å². The van der Waals surface area contributed by atoms with Gasteiger partial charge in [-0.2, -0.15) is 0 Å². The molecule has 0 aromatic heterocycles. The smallest absolute Gasteiger partial charge is 0.339 e. The largest absolute Gasteiger partial charge is 0.493 e. The zero-order chi connectivity index (χ0) is 32.2. The minimum absolute atomic E-state index is 0.141. The Morgan fingerprint density at radius 3 is 2.20 bits per heavy atom. The fourth-order valence-electron chi connectivity index (χ4n) is 4.47. The summed E-state index contributed by atoms with van der Waals surface area (Å²) in [6.45, 7) is 6.70. The lowest BCUT2D eigenvalue weighted by molar-refractivity contribution is -0.153. The fourth-order valence-corrected chi connectivity index (χ4v) is 5.60. The van der Waals surface area contributed by atoms with E-state index in [0.29, 0.717) is 48.1 Å². The fraction of sp³-hybridized carbons (Fsp3) is 0.286. The van der Waals surface area contributed by atoms with E-state index in [-0.39, 0.29) is 11.5 Å². The summed E-state index contributed by atoms with van der Waals surface area (Å²) in [6, 6.07) is 25.8.